The van der Waals surface area contributed by atoms with Crippen LogP contribution in [-0.2, 0) is 4.79 Å². The Kier molecular flexibility index (Phi) is 6.36. The third kappa shape index (κ3) is 4.91. The van der Waals surface area contributed by atoms with Crippen LogP contribution in [0.2, 0.25) is 0 Å². The standard InChI is InChI=1S/C15H23NO3/c1-4-13(10-17)16-14(18)8-9-19-15-11(2)6-5-7-12(15)3/h5-7,13,17H,4,8-10H2,1-3H3,(H,16,18)/t13-/m1/s1. The molecule has 0 heterocycles. The van der Waals surface area contributed by atoms with Crippen molar-refractivity contribution in [2.45, 2.75) is 39.7 Å². The van der Waals surface area contributed by atoms with Crippen LogP contribution in [0.5, 0.6) is 5.75 Å². The van der Waals surface area contributed by atoms with Crippen molar-refractivity contribution in [1.29, 1.82) is 0 Å². The predicted octanol–water partition coefficient (Wildman–Crippen LogP) is 1.96. The third-order valence-corrected chi connectivity index (χ3v) is 3.06. The molecule has 0 aliphatic heterocycles. The fourth-order valence-electron chi connectivity index (χ4n) is 1.85. The molecule has 1 aromatic rings. The van der Waals surface area contributed by atoms with Crippen molar-refractivity contribution in [2.75, 3.05) is 13.2 Å². The molecule has 1 atom stereocenters. The maximum atomic E-state index is 11.6. The van der Waals surface area contributed by atoms with E-state index < -0.39 is 0 Å². The molecule has 0 fully saturated rings. The number of rotatable bonds is 7. The minimum Gasteiger partial charge on any atom is -0.493 e. The van der Waals surface area contributed by atoms with Crippen LogP contribution in [0.4, 0.5) is 0 Å². The second-order valence-corrected chi connectivity index (χ2v) is 4.67. The molecule has 0 bridgehead atoms. The van der Waals surface area contributed by atoms with Crippen LogP contribution in [0.15, 0.2) is 18.2 Å². The van der Waals surface area contributed by atoms with Gasteiger partial charge in [0.15, 0.2) is 0 Å². The summed E-state index contributed by atoms with van der Waals surface area (Å²) in [5, 5.41) is 11.8. The number of hydrogen-bond donors (Lipinski definition) is 2. The minimum absolute atomic E-state index is 0.0278. The summed E-state index contributed by atoms with van der Waals surface area (Å²) in [4.78, 5) is 11.6. The van der Waals surface area contributed by atoms with E-state index >= 15 is 0 Å². The Morgan fingerprint density at radius 3 is 2.53 bits per heavy atom. The molecule has 0 aliphatic carbocycles. The van der Waals surface area contributed by atoms with Gasteiger partial charge in [-0.25, -0.2) is 0 Å². The normalized spacial score (nSPS) is 12.0. The number of aliphatic hydroxyl groups is 1. The highest BCUT2D eigenvalue weighted by atomic mass is 16.5. The summed E-state index contributed by atoms with van der Waals surface area (Å²) in [6, 6.07) is 5.80. The first-order valence-electron chi connectivity index (χ1n) is 6.67. The highest BCUT2D eigenvalue weighted by Gasteiger charge is 2.10. The van der Waals surface area contributed by atoms with Gasteiger partial charge in [-0.15, -0.1) is 0 Å². The van der Waals surface area contributed by atoms with Gasteiger partial charge in [0.1, 0.15) is 5.75 Å². The average molecular weight is 265 g/mol. The van der Waals surface area contributed by atoms with Gasteiger partial charge in [-0.05, 0) is 31.4 Å². The molecule has 19 heavy (non-hydrogen) atoms. The summed E-state index contributed by atoms with van der Waals surface area (Å²) in [7, 11) is 0. The van der Waals surface area contributed by atoms with Gasteiger partial charge < -0.3 is 15.2 Å². The van der Waals surface area contributed by atoms with Gasteiger partial charge >= 0.3 is 0 Å². The zero-order valence-electron chi connectivity index (χ0n) is 11.9. The second-order valence-electron chi connectivity index (χ2n) is 4.67. The number of amides is 1. The highest BCUT2D eigenvalue weighted by molar-refractivity contribution is 5.76. The summed E-state index contributed by atoms with van der Waals surface area (Å²) < 4.78 is 5.66. The van der Waals surface area contributed by atoms with Gasteiger partial charge in [0.2, 0.25) is 5.91 Å². The lowest BCUT2D eigenvalue weighted by atomic mass is 10.1. The molecule has 0 spiro atoms. The Balaban J connectivity index is 2.40. The van der Waals surface area contributed by atoms with Gasteiger partial charge in [0.05, 0.1) is 25.7 Å². The average Bonchev–Trinajstić information content (AvgIpc) is 2.39. The van der Waals surface area contributed by atoms with E-state index in [9.17, 15) is 4.79 Å². The van der Waals surface area contributed by atoms with Crippen molar-refractivity contribution >= 4 is 5.91 Å². The van der Waals surface area contributed by atoms with E-state index in [1.54, 1.807) is 0 Å². The van der Waals surface area contributed by atoms with E-state index in [0.29, 0.717) is 13.0 Å². The summed E-state index contributed by atoms with van der Waals surface area (Å²) in [5.74, 6) is 0.761. The van der Waals surface area contributed by atoms with E-state index in [4.69, 9.17) is 9.84 Å². The number of hydrogen-bond acceptors (Lipinski definition) is 3. The predicted molar refractivity (Wildman–Crippen MR) is 75.3 cm³/mol. The maximum Gasteiger partial charge on any atom is 0.223 e. The quantitative estimate of drug-likeness (QED) is 0.792. The van der Waals surface area contributed by atoms with Crippen LogP contribution < -0.4 is 10.1 Å². The lowest BCUT2D eigenvalue weighted by Crippen LogP contribution is -2.37. The monoisotopic (exact) mass is 265 g/mol. The van der Waals surface area contributed by atoms with Gasteiger partial charge in [-0.1, -0.05) is 25.1 Å². The molecule has 0 saturated carbocycles. The summed E-state index contributed by atoms with van der Waals surface area (Å²) >= 11 is 0. The number of carbonyl (C=O) groups is 1. The fraction of sp³-hybridized carbons (Fsp3) is 0.533. The van der Waals surface area contributed by atoms with Crippen molar-refractivity contribution in [3.8, 4) is 5.75 Å². The first-order valence-corrected chi connectivity index (χ1v) is 6.67. The molecule has 1 amide bonds. The largest absolute Gasteiger partial charge is 0.493 e. The highest BCUT2D eigenvalue weighted by Crippen LogP contribution is 2.22. The van der Waals surface area contributed by atoms with Crippen molar-refractivity contribution in [2.24, 2.45) is 0 Å². The van der Waals surface area contributed by atoms with E-state index in [-0.39, 0.29) is 18.6 Å². The molecular weight excluding hydrogens is 242 g/mol. The molecular formula is C15H23NO3. The molecule has 106 valence electrons. The molecule has 0 radical (unpaired) electrons. The number of para-hydroxylation sites is 1. The van der Waals surface area contributed by atoms with Crippen LogP contribution in [-0.4, -0.2) is 30.3 Å². The Hall–Kier alpha value is -1.55. The van der Waals surface area contributed by atoms with Gasteiger partial charge in [0, 0.05) is 0 Å². The second kappa shape index (κ2) is 7.79. The number of nitrogens with one attached hydrogen (secondary N) is 1. The SMILES string of the molecule is CC[C@H](CO)NC(=O)CCOc1c(C)cccc1C. The van der Waals surface area contributed by atoms with E-state index in [0.717, 1.165) is 23.3 Å². The van der Waals surface area contributed by atoms with Crippen LogP contribution in [0, 0.1) is 13.8 Å². The van der Waals surface area contributed by atoms with Crippen LogP contribution >= 0.6 is 0 Å². The van der Waals surface area contributed by atoms with Crippen molar-refractivity contribution in [1.82, 2.24) is 5.32 Å². The smallest absolute Gasteiger partial charge is 0.223 e. The Bertz CT molecular complexity index is 394. The number of carbonyl (C=O) groups excluding carboxylic acids is 1. The van der Waals surface area contributed by atoms with Crippen LogP contribution in [0.1, 0.15) is 30.9 Å². The zero-order valence-corrected chi connectivity index (χ0v) is 11.9. The van der Waals surface area contributed by atoms with Gasteiger partial charge in [0.25, 0.3) is 0 Å². The molecule has 1 rings (SSSR count). The molecule has 0 aromatic heterocycles. The Labute approximate surface area is 114 Å². The zero-order chi connectivity index (χ0) is 14.3. The molecule has 0 saturated heterocycles. The van der Waals surface area contributed by atoms with Gasteiger partial charge in [-0.3, -0.25) is 4.79 Å². The summed E-state index contributed by atoms with van der Waals surface area (Å²) in [6.07, 6.45) is 1.02. The number of benzene rings is 1. The first kappa shape index (κ1) is 15.5. The number of aliphatic hydroxyl groups excluding tert-OH is 1. The van der Waals surface area contributed by atoms with E-state index in [1.807, 2.05) is 39.0 Å². The Morgan fingerprint density at radius 1 is 1.37 bits per heavy atom. The van der Waals surface area contributed by atoms with Crippen LogP contribution in [0.25, 0.3) is 0 Å². The van der Waals surface area contributed by atoms with Crippen molar-refractivity contribution < 1.29 is 14.6 Å². The van der Waals surface area contributed by atoms with Crippen molar-refractivity contribution in [3.05, 3.63) is 29.3 Å². The van der Waals surface area contributed by atoms with E-state index in [1.165, 1.54) is 0 Å². The molecule has 0 aliphatic rings. The third-order valence-electron chi connectivity index (χ3n) is 3.06. The first-order chi connectivity index (χ1) is 9.08. The minimum atomic E-state index is -0.160. The maximum absolute atomic E-state index is 11.6. The molecule has 2 N–H and O–H groups in total. The fourth-order valence-corrected chi connectivity index (χ4v) is 1.85. The summed E-state index contributed by atoms with van der Waals surface area (Å²) in [5.41, 5.74) is 2.14. The van der Waals surface area contributed by atoms with Crippen LogP contribution in [0.3, 0.4) is 0 Å². The molecule has 4 nitrogen and oxygen atoms in total. The number of ether oxygens (including phenoxy) is 1. The summed E-state index contributed by atoms with van der Waals surface area (Å²) in [6.45, 7) is 6.22. The Morgan fingerprint density at radius 2 is 2.00 bits per heavy atom. The molecule has 0 unspecified atom stereocenters. The van der Waals surface area contributed by atoms with Crippen molar-refractivity contribution in [3.63, 3.8) is 0 Å². The topological polar surface area (TPSA) is 58.6 Å². The molecule has 1 aromatic carbocycles. The lowest BCUT2D eigenvalue weighted by molar-refractivity contribution is -0.122. The molecule has 4 heteroatoms. The van der Waals surface area contributed by atoms with E-state index in [2.05, 4.69) is 5.32 Å². The lowest BCUT2D eigenvalue weighted by Gasteiger charge is -2.15. The number of aryl methyl sites for hydroxylation is 2. The van der Waals surface area contributed by atoms with Gasteiger partial charge in [-0.2, -0.15) is 0 Å².